The van der Waals surface area contributed by atoms with E-state index in [2.05, 4.69) is 10.1 Å². The number of para-hydroxylation sites is 1. The molecule has 0 unspecified atom stereocenters. The van der Waals surface area contributed by atoms with E-state index in [9.17, 15) is 14.0 Å². The van der Waals surface area contributed by atoms with Crippen molar-refractivity contribution in [2.45, 2.75) is 6.54 Å². The van der Waals surface area contributed by atoms with Crippen molar-refractivity contribution >= 4 is 45.1 Å². The number of hydrogen-bond donors (Lipinski definition) is 0. The summed E-state index contributed by atoms with van der Waals surface area (Å²) in [5.41, 5.74) is 2.71. The fourth-order valence-electron chi connectivity index (χ4n) is 4.06. The quantitative estimate of drug-likeness (QED) is 0.384. The van der Waals surface area contributed by atoms with Crippen LogP contribution in [-0.2, 0) is 11.3 Å². The first kappa shape index (κ1) is 20.7. The SMILES string of the molecule is O=C1/C(=c2\sc3nc(-c4ccc(F)cc4)nn3c2=O)c2ccccc2N1Cc1ccccc1Cl. The van der Waals surface area contributed by atoms with E-state index in [1.807, 2.05) is 42.5 Å². The van der Waals surface area contributed by atoms with Crippen LogP contribution in [0.15, 0.2) is 77.6 Å². The number of fused-ring (bicyclic) bond motifs is 2. The second kappa shape index (κ2) is 7.86. The molecular weight excluding hydrogens is 475 g/mol. The normalized spacial score (nSPS) is 14.8. The van der Waals surface area contributed by atoms with Crippen molar-refractivity contribution < 1.29 is 9.18 Å². The lowest BCUT2D eigenvalue weighted by molar-refractivity contribution is -0.113. The first-order chi connectivity index (χ1) is 16.5. The molecule has 1 amide bonds. The van der Waals surface area contributed by atoms with Gasteiger partial charge in [-0.25, -0.2) is 4.39 Å². The summed E-state index contributed by atoms with van der Waals surface area (Å²) >= 11 is 7.45. The lowest BCUT2D eigenvalue weighted by atomic mass is 10.1. The van der Waals surface area contributed by atoms with Crippen LogP contribution in [0.3, 0.4) is 0 Å². The largest absolute Gasteiger partial charge is 0.303 e. The maximum Gasteiger partial charge on any atom is 0.291 e. The van der Waals surface area contributed by atoms with Gasteiger partial charge in [-0.3, -0.25) is 9.59 Å². The summed E-state index contributed by atoms with van der Waals surface area (Å²) in [5.74, 6) is -0.326. The van der Waals surface area contributed by atoms with E-state index in [0.29, 0.717) is 38.2 Å². The van der Waals surface area contributed by atoms with Gasteiger partial charge in [-0.05, 0) is 42.0 Å². The minimum Gasteiger partial charge on any atom is -0.303 e. The Morgan fingerprint density at radius 3 is 2.44 bits per heavy atom. The van der Waals surface area contributed by atoms with Gasteiger partial charge in [-0.15, -0.1) is 5.10 Å². The maximum absolute atomic E-state index is 13.6. The molecule has 0 atom stereocenters. The molecule has 0 N–H and O–H groups in total. The first-order valence-corrected chi connectivity index (χ1v) is 11.6. The third-order valence-corrected chi connectivity index (χ3v) is 7.09. The zero-order valence-electron chi connectivity index (χ0n) is 17.4. The van der Waals surface area contributed by atoms with Crippen LogP contribution in [0.4, 0.5) is 10.1 Å². The maximum atomic E-state index is 13.6. The van der Waals surface area contributed by atoms with Gasteiger partial charge in [0, 0.05) is 16.1 Å². The van der Waals surface area contributed by atoms with Gasteiger partial charge >= 0.3 is 0 Å². The molecule has 0 saturated heterocycles. The van der Waals surface area contributed by atoms with Gasteiger partial charge < -0.3 is 4.90 Å². The number of rotatable bonds is 3. The van der Waals surface area contributed by atoms with Gasteiger partial charge in [0.15, 0.2) is 5.82 Å². The van der Waals surface area contributed by atoms with Gasteiger partial charge in [0.25, 0.3) is 11.5 Å². The molecule has 1 aliphatic rings. The van der Waals surface area contributed by atoms with Crippen LogP contribution < -0.4 is 15.0 Å². The lowest BCUT2D eigenvalue weighted by Gasteiger charge is -2.17. The number of hydrogen-bond acceptors (Lipinski definition) is 5. The molecule has 34 heavy (non-hydrogen) atoms. The number of carbonyl (C=O) groups excluding carboxylic acids is 1. The zero-order chi connectivity index (χ0) is 23.4. The van der Waals surface area contributed by atoms with Gasteiger partial charge in [0.1, 0.15) is 10.3 Å². The fourth-order valence-corrected chi connectivity index (χ4v) is 5.25. The second-order valence-electron chi connectivity index (χ2n) is 7.75. The first-order valence-electron chi connectivity index (χ1n) is 10.4. The minimum atomic E-state index is -0.418. The van der Waals surface area contributed by atoms with E-state index < -0.39 is 5.56 Å². The number of benzene rings is 3. The summed E-state index contributed by atoms with van der Waals surface area (Å²) in [5, 5.41) is 4.88. The average molecular weight is 489 g/mol. The Bertz CT molecular complexity index is 1710. The Morgan fingerprint density at radius 1 is 0.941 bits per heavy atom. The molecule has 2 aromatic heterocycles. The minimum absolute atomic E-state index is 0.276. The van der Waals surface area contributed by atoms with E-state index in [1.165, 1.54) is 16.6 Å². The molecule has 0 saturated carbocycles. The molecule has 9 heteroatoms. The number of carbonyl (C=O) groups is 1. The number of thiazole rings is 1. The Morgan fingerprint density at radius 2 is 1.68 bits per heavy atom. The van der Waals surface area contributed by atoms with Crippen LogP contribution >= 0.6 is 22.9 Å². The summed E-state index contributed by atoms with van der Waals surface area (Å²) in [4.78, 5) is 33.3. The molecule has 3 heterocycles. The van der Waals surface area contributed by atoms with Crippen molar-refractivity contribution in [3.8, 4) is 11.4 Å². The van der Waals surface area contributed by atoms with Gasteiger partial charge in [-0.2, -0.15) is 9.50 Å². The highest BCUT2D eigenvalue weighted by molar-refractivity contribution is 7.15. The summed E-state index contributed by atoms with van der Waals surface area (Å²) in [7, 11) is 0. The summed E-state index contributed by atoms with van der Waals surface area (Å²) in [6, 6.07) is 20.4. The Hall–Kier alpha value is -3.88. The van der Waals surface area contributed by atoms with Crippen molar-refractivity contribution in [2.75, 3.05) is 4.90 Å². The van der Waals surface area contributed by atoms with Crippen molar-refractivity contribution in [2.24, 2.45) is 0 Å². The number of nitrogens with zero attached hydrogens (tertiary/aromatic N) is 4. The molecule has 0 bridgehead atoms. The van der Waals surface area contributed by atoms with Crippen LogP contribution in [0.25, 0.3) is 21.9 Å². The highest BCUT2D eigenvalue weighted by Gasteiger charge is 2.34. The molecule has 0 spiro atoms. The number of aromatic nitrogens is 3. The van der Waals surface area contributed by atoms with E-state index in [-0.39, 0.29) is 22.8 Å². The van der Waals surface area contributed by atoms with Gasteiger partial charge in [-0.1, -0.05) is 59.3 Å². The predicted octanol–water partition coefficient (Wildman–Crippen LogP) is 4.08. The van der Waals surface area contributed by atoms with Gasteiger partial charge in [0.05, 0.1) is 17.8 Å². The Balaban J connectivity index is 1.50. The highest BCUT2D eigenvalue weighted by Crippen LogP contribution is 2.37. The van der Waals surface area contributed by atoms with Crippen molar-refractivity contribution in [3.05, 3.63) is 110 Å². The number of anilines is 1. The van der Waals surface area contributed by atoms with Crippen LogP contribution in [-0.4, -0.2) is 20.5 Å². The summed E-state index contributed by atoms with van der Waals surface area (Å²) < 4.78 is 14.7. The summed E-state index contributed by atoms with van der Waals surface area (Å²) in [6.07, 6.45) is 0. The van der Waals surface area contributed by atoms with E-state index in [0.717, 1.165) is 16.9 Å². The standard InChI is InChI=1S/C25H14ClFN4O2S/c26-18-7-3-1-5-15(18)13-30-19-8-4-2-6-17(19)20(23(30)32)21-24(33)31-25(34-21)28-22(29-31)14-9-11-16(27)12-10-14/h1-12H,13H2/b21-20-. The zero-order valence-corrected chi connectivity index (χ0v) is 19.0. The average Bonchev–Trinajstić information content (AvgIpc) is 3.47. The molecule has 0 fully saturated rings. The second-order valence-corrected chi connectivity index (χ2v) is 9.13. The molecule has 3 aromatic carbocycles. The number of amides is 1. The molecule has 0 aliphatic carbocycles. The van der Waals surface area contributed by atoms with Crippen LogP contribution in [0, 0.1) is 5.82 Å². The molecule has 1 aliphatic heterocycles. The molecule has 6 rings (SSSR count). The Labute approximate surface area is 201 Å². The van der Waals surface area contributed by atoms with E-state index in [4.69, 9.17) is 11.6 Å². The molecule has 6 nitrogen and oxygen atoms in total. The fraction of sp³-hybridized carbons (Fsp3) is 0.0400. The van der Waals surface area contributed by atoms with Crippen LogP contribution in [0.5, 0.6) is 0 Å². The third kappa shape index (κ3) is 3.22. The van der Waals surface area contributed by atoms with E-state index in [1.54, 1.807) is 23.1 Å². The number of halogens is 2. The predicted molar refractivity (Wildman–Crippen MR) is 129 cm³/mol. The van der Waals surface area contributed by atoms with E-state index >= 15 is 0 Å². The topological polar surface area (TPSA) is 67.6 Å². The van der Waals surface area contributed by atoms with Crippen LogP contribution in [0.1, 0.15) is 11.1 Å². The molecule has 5 aromatic rings. The molecule has 166 valence electrons. The van der Waals surface area contributed by atoms with Crippen molar-refractivity contribution in [3.63, 3.8) is 0 Å². The van der Waals surface area contributed by atoms with Crippen molar-refractivity contribution in [1.29, 1.82) is 0 Å². The van der Waals surface area contributed by atoms with Gasteiger partial charge in [0.2, 0.25) is 4.96 Å². The smallest absolute Gasteiger partial charge is 0.291 e. The Kier molecular flexibility index (Phi) is 4.79. The monoisotopic (exact) mass is 488 g/mol. The molecular formula is C25H14ClFN4O2S. The summed E-state index contributed by atoms with van der Waals surface area (Å²) in [6.45, 7) is 0.280. The lowest BCUT2D eigenvalue weighted by Crippen LogP contribution is -2.32. The third-order valence-electron chi connectivity index (χ3n) is 5.70. The highest BCUT2D eigenvalue weighted by atomic mass is 35.5. The van der Waals surface area contributed by atoms with Crippen molar-refractivity contribution in [1.82, 2.24) is 14.6 Å². The van der Waals surface area contributed by atoms with Crippen LogP contribution in [0.2, 0.25) is 5.02 Å². The molecule has 0 radical (unpaired) electrons.